The molecule has 1 heterocycles. The minimum atomic E-state index is 0.657. The number of nitrogens with zero attached hydrogens (tertiary/aromatic N) is 2. The summed E-state index contributed by atoms with van der Waals surface area (Å²) >= 11 is 3.53. The second kappa shape index (κ2) is 11.4. The molecule has 5 aromatic rings. The molecule has 0 N–H and O–H groups in total. The number of halogens is 1. The molecule has 0 unspecified atom stereocenters. The van der Waals surface area contributed by atoms with Crippen molar-refractivity contribution in [2.24, 2.45) is 9.98 Å². The Bertz CT molecular complexity index is 1740. The van der Waals surface area contributed by atoms with Crippen LogP contribution in [0.4, 0.5) is 0 Å². The van der Waals surface area contributed by atoms with Crippen molar-refractivity contribution in [1.82, 2.24) is 0 Å². The van der Waals surface area contributed by atoms with Gasteiger partial charge in [-0.1, -0.05) is 131 Å². The van der Waals surface area contributed by atoms with Crippen LogP contribution >= 0.6 is 15.9 Å². The fraction of sp³-hybridized carbons (Fsp3) is 0.0278. The molecule has 0 amide bonds. The first-order chi connectivity index (χ1) is 19.2. The van der Waals surface area contributed by atoms with Crippen molar-refractivity contribution in [2.75, 3.05) is 0 Å². The first-order valence-corrected chi connectivity index (χ1v) is 13.7. The third-order valence-electron chi connectivity index (χ3n) is 6.64. The van der Waals surface area contributed by atoms with Crippen LogP contribution in [0.2, 0.25) is 0 Å². The zero-order chi connectivity index (χ0) is 26.4. The molecule has 1 aliphatic heterocycles. The summed E-state index contributed by atoms with van der Waals surface area (Å²) in [5.41, 5.74) is 13.0. The maximum absolute atomic E-state index is 5.13. The summed E-state index contributed by atoms with van der Waals surface area (Å²) < 4.78 is 1.08. The first-order valence-electron chi connectivity index (χ1n) is 12.9. The van der Waals surface area contributed by atoms with Crippen LogP contribution < -0.4 is 0 Å². The van der Waals surface area contributed by atoms with Gasteiger partial charge in [0.2, 0.25) is 0 Å². The average Bonchev–Trinajstić information content (AvgIpc) is 2.99. The number of hydrogen-bond acceptors (Lipinski definition) is 2. The maximum atomic E-state index is 5.13. The molecule has 0 bridgehead atoms. The monoisotopic (exact) mass is 564 g/mol. The lowest BCUT2D eigenvalue weighted by Gasteiger charge is -2.12. The van der Waals surface area contributed by atoms with Crippen molar-refractivity contribution < 1.29 is 0 Å². The molecular formula is C36H25BrN2. The second-order valence-corrected chi connectivity index (χ2v) is 10.2. The van der Waals surface area contributed by atoms with Crippen molar-refractivity contribution in [1.29, 1.82) is 0 Å². The Kier molecular flexibility index (Phi) is 7.27. The lowest BCUT2D eigenvalue weighted by molar-refractivity contribution is 1.37. The van der Waals surface area contributed by atoms with Crippen molar-refractivity contribution in [2.45, 2.75) is 6.42 Å². The number of benzene rings is 5. The summed E-state index contributed by atoms with van der Waals surface area (Å²) in [5, 5.41) is 0. The molecule has 2 nitrogen and oxygen atoms in total. The van der Waals surface area contributed by atoms with Gasteiger partial charge in [-0.25, -0.2) is 9.98 Å². The van der Waals surface area contributed by atoms with E-state index in [9.17, 15) is 0 Å². The van der Waals surface area contributed by atoms with Crippen LogP contribution in [0.3, 0.4) is 0 Å². The Balaban J connectivity index is 1.39. The zero-order valence-corrected chi connectivity index (χ0v) is 22.8. The SMILES string of the molecule is Brc1ccc(-c2cccc(-c3cccc(C4=NC(c5ccccc5)=NC(c5ccccc5)=C=CC4)c3)c2)cc1. The van der Waals surface area contributed by atoms with Crippen LogP contribution in [0.25, 0.3) is 28.0 Å². The Morgan fingerprint density at radius 3 is 1.69 bits per heavy atom. The van der Waals surface area contributed by atoms with E-state index in [2.05, 4.69) is 119 Å². The van der Waals surface area contributed by atoms with Crippen LogP contribution in [-0.4, -0.2) is 11.5 Å². The largest absolute Gasteiger partial charge is 0.232 e. The Hall–Kier alpha value is -4.56. The van der Waals surface area contributed by atoms with Gasteiger partial charge in [0.25, 0.3) is 0 Å². The van der Waals surface area contributed by atoms with Crippen molar-refractivity contribution in [3.05, 3.63) is 166 Å². The lowest BCUT2D eigenvalue weighted by atomic mass is 9.96. The summed E-state index contributed by atoms with van der Waals surface area (Å²) in [6.45, 7) is 0. The molecule has 0 aromatic heterocycles. The van der Waals surface area contributed by atoms with E-state index in [0.717, 1.165) is 38.1 Å². The van der Waals surface area contributed by atoms with Crippen molar-refractivity contribution in [3.63, 3.8) is 0 Å². The van der Waals surface area contributed by atoms with E-state index in [1.165, 1.54) is 16.7 Å². The molecule has 1 aliphatic rings. The fourth-order valence-electron chi connectivity index (χ4n) is 4.62. The van der Waals surface area contributed by atoms with Gasteiger partial charge in [-0.15, -0.1) is 0 Å². The molecule has 0 atom stereocenters. The summed E-state index contributed by atoms with van der Waals surface area (Å²) in [7, 11) is 0. The van der Waals surface area contributed by atoms with Gasteiger partial charge in [-0.2, -0.15) is 0 Å². The standard InChI is InChI=1S/C36H25BrN2/c37-33-22-20-26(21-23-33)29-14-7-15-30(24-29)31-16-8-17-32(25-31)35-19-9-18-34(27-10-3-1-4-11-27)38-36(39-35)28-12-5-2-6-13-28/h1-17,20-25H,19H2. The summed E-state index contributed by atoms with van der Waals surface area (Å²) in [6.07, 6.45) is 2.69. The van der Waals surface area contributed by atoms with Crippen LogP contribution in [-0.2, 0) is 0 Å². The van der Waals surface area contributed by atoms with Gasteiger partial charge >= 0.3 is 0 Å². The predicted octanol–water partition coefficient (Wildman–Crippen LogP) is 9.62. The van der Waals surface area contributed by atoms with E-state index in [1.54, 1.807) is 0 Å². The highest BCUT2D eigenvalue weighted by Crippen LogP contribution is 2.29. The van der Waals surface area contributed by atoms with Crippen LogP contribution in [0.5, 0.6) is 0 Å². The topological polar surface area (TPSA) is 24.7 Å². The van der Waals surface area contributed by atoms with E-state index < -0.39 is 0 Å². The molecule has 5 aromatic carbocycles. The molecule has 186 valence electrons. The quantitative estimate of drug-likeness (QED) is 0.190. The van der Waals surface area contributed by atoms with Gasteiger partial charge in [0, 0.05) is 22.0 Å². The third kappa shape index (κ3) is 5.81. The molecular weight excluding hydrogens is 540 g/mol. The maximum Gasteiger partial charge on any atom is 0.160 e. The molecule has 6 rings (SSSR count). The highest BCUT2D eigenvalue weighted by Gasteiger charge is 2.12. The zero-order valence-electron chi connectivity index (χ0n) is 21.3. The minimum Gasteiger partial charge on any atom is -0.232 e. The van der Waals surface area contributed by atoms with Crippen LogP contribution in [0.1, 0.15) is 23.1 Å². The summed E-state index contributed by atoms with van der Waals surface area (Å²) in [6, 6.07) is 46.0. The number of amidine groups is 1. The van der Waals surface area contributed by atoms with E-state index in [4.69, 9.17) is 9.98 Å². The summed E-state index contributed by atoms with van der Waals surface area (Å²) in [5.74, 6) is 0.688. The third-order valence-corrected chi connectivity index (χ3v) is 7.17. The van der Waals surface area contributed by atoms with Crippen molar-refractivity contribution in [3.8, 4) is 22.3 Å². The molecule has 3 heteroatoms. The summed E-state index contributed by atoms with van der Waals surface area (Å²) in [4.78, 5) is 10.1. The Morgan fingerprint density at radius 1 is 0.487 bits per heavy atom. The molecule has 0 spiro atoms. The van der Waals surface area contributed by atoms with Gasteiger partial charge in [-0.05, 0) is 58.2 Å². The predicted molar refractivity (Wildman–Crippen MR) is 167 cm³/mol. The van der Waals surface area contributed by atoms with E-state index >= 15 is 0 Å². The van der Waals surface area contributed by atoms with E-state index in [0.29, 0.717) is 12.3 Å². The smallest absolute Gasteiger partial charge is 0.160 e. The number of hydrogen-bond donors (Lipinski definition) is 0. The highest BCUT2D eigenvalue weighted by molar-refractivity contribution is 9.10. The van der Waals surface area contributed by atoms with Gasteiger partial charge < -0.3 is 0 Å². The van der Waals surface area contributed by atoms with E-state index in [1.807, 2.05) is 42.5 Å². The number of aliphatic imine (C=N–C) groups is 2. The van der Waals surface area contributed by atoms with Crippen molar-refractivity contribution >= 4 is 33.2 Å². The lowest BCUT2D eigenvalue weighted by Crippen LogP contribution is -2.08. The molecule has 0 aliphatic carbocycles. The first kappa shape index (κ1) is 24.8. The van der Waals surface area contributed by atoms with E-state index in [-0.39, 0.29) is 0 Å². The number of rotatable bonds is 5. The molecule has 39 heavy (non-hydrogen) atoms. The molecule has 0 saturated carbocycles. The Labute approximate surface area is 237 Å². The average molecular weight is 566 g/mol. The van der Waals surface area contributed by atoms with Gasteiger partial charge in [0.05, 0.1) is 5.71 Å². The molecule has 0 saturated heterocycles. The highest BCUT2D eigenvalue weighted by atomic mass is 79.9. The van der Waals surface area contributed by atoms with Crippen LogP contribution in [0, 0.1) is 0 Å². The molecule has 0 fully saturated rings. The van der Waals surface area contributed by atoms with Gasteiger partial charge in [0.1, 0.15) is 5.70 Å². The molecule has 0 radical (unpaired) electrons. The van der Waals surface area contributed by atoms with Crippen LogP contribution in [0.15, 0.2) is 160 Å². The fourth-order valence-corrected chi connectivity index (χ4v) is 4.89. The van der Waals surface area contributed by atoms with Gasteiger partial charge in [0.15, 0.2) is 5.84 Å². The number of allylic oxidation sites excluding steroid dienone is 1. The normalized spacial score (nSPS) is 13.1. The Morgan fingerprint density at radius 2 is 1.03 bits per heavy atom. The second-order valence-electron chi connectivity index (χ2n) is 9.30. The minimum absolute atomic E-state index is 0.657. The van der Waals surface area contributed by atoms with Gasteiger partial charge in [-0.3, -0.25) is 0 Å².